The highest BCUT2D eigenvalue weighted by molar-refractivity contribution is 6.36. The van der Waals surface area contributed by atoms with Crippen LogP contribution in [-0.4, -0.2) is 17.7 Å². The van der Waals surface area contributed by atoms with E-state index in [0.29, 0.717) is 17.3 Å². The van der Waals surface area contributed by atoms with Gasteiger partial charge in [-0.15, -0.1) is 0 Å². The molecule has 4 rings (SSSR count). The van der Waals surface area contributed by atoms with Gasteiger partial charge in [0.15, 0.2) is 0 Å². The molecule has 1 aliphatic heterocycles. The fourth-order valence-electron chi connectivity index (χ4n) is 3.54. The molecule has 3 aromatic rings. The Balaban J connectivity index is 1.54. The summed E-state index contributed by atoms with van der Waals surface area (Å²) in [5.41, 5.74) is 3.43. The average Bonchev–Trinajstić information content (AvgIpc) is 3.04. The number of nitrogens with one attached hydrogen (secondary N) is 1. The second kappa shape index (κ2) is 8.40. The first kappa shape index (κ1) is 20.3. The third kappa shape index (κ3) is 4.03. The van der Waals surface area contributed by atoms with Crippen molar-refractivity contribution in [2.24, 2.45) is 0 Å². The van der Waals surface area contributed by atoms with E-state index in [9.17, 15) is 14.4 Å². The molecule has 154 valence electrons. The number of amides is 3. The van der Waals surface area contributed by atoms with Crippen LogP contribution < -0.4 is 10.2 Å². The Hall–Kier alpha value is -3.99. The molecule has 1 aliphatic rings. The monoisotopic (exact) mass is 410 g/mol. The van der Waals surface area contributed by atoms with E-state index in [1.807, 2.05) is 30.3 Å². The minimum absolute atomic E-state index is 0.208. The summed E-state index contributed by atoms with van der Waals surface area (Å²) in [5.74, 6) is -0.782. The van der Waals surface area contributed by atoms with E-state index < -0.39 is 11.8 Å². The zero-order valence-electron chi connectivity index (χ0n) is 17.3. The lowest BCUT2D eigenvalue weighted by Crippen LogP contribution is -2.29. The van der Waals surface area contributed by atoms with E-state index in [4.69, 9.17) is 0 Å². The molecule has 0 aromatic heterocycles. The number of para-hydroxylation sites is 1. The lowest BCUT2D eigenvalue weighted by molar-refractivity contribution is -0.111. The van der Waals surface area contributed by atoms with Crippen molar-refractivity contribution in [3.8, 4) is 0 Å². The molecule has 0 aliphatic carbocycles. The lowest BCUT2D eigenvalue weighted by Gasteiger charge is -2.13. The van der Waals surface area contributed by atoms with Crippen LogP contribution in [-0.2, 0) is 4.79 Å². The van der Waals surface area contributed by atoms with Crippen LogP contribution in [0.15, 0.2) is 78.9 Å². The van der Waals surface area contributed by atoms with Gasteiger partial charge in [0.05, 0.1) is 22.5 Å². The number of benzene rings is 3. The molecule has 1 N–H and O–H groups in total. The van der Waals surface area contributed by atoms with Gasteiger partial charge in [0.2, 0.25) is 5.91 Å². The zero-order chi connectivity index (χ0) is 22.0. The topological polar surface area (TPSA) is 66.5 Å². The number of hydrogen-bond donors (Lipinski definition) is 1. The average molecular weight is 410 g/mol. The number of nitrogens with zero attached hydrogens (tertiary/aromatic N) is 1. The van der Waals surface area contributed by atoms with Crippen molar-refractivity contribution >= 4 is 35.2 Å². The summed E-state index contributed by atoms with van der Waals surface area (Å²) in [6.45, 7) is 4.25. The number of hydrogen-bond acceptors (Lipinski definition) is 3. The molecule has 0 radical (unpaired) electrons. The summed E-state index contributed by atoms with van der Waals surface area (Å²) >= 11 is 0. The van der Waals surface area contributed by atoms with Crippen LogP contribution in [0.2, 0.25) is 0 Å². The molecule has 0 fully saturated rings. The second-order valence-corrected chi connectivity index (χ2v) is 7.65. The molecule has 0 saturated carbocycles. The number of fused-ring (bicyclic) bond motifs is 1. The fourth-order valence-corrected chi connectivity index (χ4v) is 3.54. The van der Waals surface area contributed by atoms with Crippen molar-refractivity contribution < 1.29 is 14.4 Å². The highest BCUT2D eigenvalue weighted by Gasteiger charge is 2.38. The molecule has 0 bridgehead atoms. The Bertz CT molecular complexity index is 1180. The third-order valence-corrected chi connectivity index (χ3v) is 5.22. The van der Waals surface area contributed by atoms with E-state index in [1.165, 1.54) is 11.6 Å². The Morgan fingerprint density at radius 3 is 2.26 bits per heavy atom. The zero-order valence-corrected chi connectivity index (χ0v) is 17.3. The first-order chi connectivity index (χ1) is 15.0. The van der Waals surface area contributed by atoms with Crippen molar-refractivity contribution in [1.82, 2.24) is 0 Å². The quantitative estimate of drug-likeness (QED) is 0.461. The summed E-state index contributed by atoms with van der Waals surface area (Å²) in [7, 11) is 0. The van der Waals surface area contributed by atoms with Gasteiger partial charge in [0.25, 0.3) is 11.8 Å². The number of carbonyl (C=O) groups excluding carboxylic acids is 3. The molecular formula is C26H22N2O3. The normalized spacial score (nSPS) is 13.2. The van der Waals surface area contributed by atoms with Gasteiger partial charge < -0.3 is 5.32 Å². The summed E-state index contributed by atoms with van der Waals surface area (Å²) in [5, 5.41) is 2.74. The minimum atomic E-state index is -0.449. The van der Waals surface area contributed by atoms with Crippen LogP contribution in [0.4, 0.5) is 11.4 Å². The number of imide groups is 1. The Kier molecular flexibility index (Phi) is 5.50. The van der Waals surface area contributed by atoms with Crippen LogP contribution in [0.5, 0.6) is 0 Å². The lowest BCUT2D eigenvalue weighted by atomic mass is 10.0. The van der Waals surface area contributed by atoms with E-state index in [2.05, 4.69) is 19.2 Å². The fraction of sp³-hybridized carbons (Fsp3) is 0.115. The van der Waals surface area contributed by atoms with Gasteiger partial charge in [-0.2, -0.15) is 0 Å². The van der Waals surface area contributed by atoms with Crippen LogP contribution in [0.3, 0.4) is 0 Å². The first-order valence-electron chi connectivity index (χ1n) is 10.1. The summed E-state index contributed by atoms with van der Waals surface area (Å²) in [6, 6.07) is 21.6. The summed E-state index contributed by atoms with van der Waals surface area (Å²) in [6.07, 6.45) is 3.13. The standard InChI is InChI=1S/C26H22N2O3/c1-17(2)19-14-11-18(12-15-19)13-16-23(29)27-22-10-6-9-21-24(22)26(31)28(25(21)30)20-7-4-3-5-8-20/h3-17H,1-2H3,(H,27,29)/b16-13+. The molecule has 5 nitrogen and oxygen atoms in total. The van der Waals surface area contributed by atoms with Gasteiger partial charge in [-0.1, -0.05) is 62.4 Å². The van der Waals surface area contributed by atoms with Gasteiger partial charge in [-0.3, -0.25) is 14.4 Å². The number of carbonyl (C=O) groups is 3. The van der Waals surface area contributed by atoms with Crippen molar-refractivity contribution in [3.05, 3.63) is 101 Å². The van der Waals surface area contributed by atoms with E-state index in [1.54, 1.807) is 48.5 Å². The van der Waals surface area contributed by atoms with Gasteiger partial charge in [-0.25, -0.2) is 4.90 Å². The second-order valence-electron chi connectivity index (χ2n) is 7.65. The smallest absolute Gasteiger partial charge is 0.268 e. The summed E-state index contributed by atoms with van der Waals surface area (Å²) in [4.78, 5) is 39.4. The van der Waals surface area contributed by atoms with Gasteiger partial charge in [0.1, 0.15) is 0 Å². The molecular weight excluding hydrogens is 388 g/mol. The molecule has 0 atom stereocenters. The van der Waals surface area contributed by atoms with Crippen molar-refractivity contribution in [1.29, 1.82) is 0 Å². The van der Waals surface area contributed by atoms with E-state index >= 15 is 0 Å². The Morgan fingerprint density at radius 1 is 0.871 bits per heavy atom. The maximum absolute atomic E-state index is 13.0. The number of rotatable bonds is 5. The molecule has 0 unspecified atom stereocenters. The molecule has 31 heavy (non-hydrogen) atoms. The Morgan fingerprint density at radius 2 is 1.58 bits per heavy atom. The molecule has 0 spiro atoms. The van der Waals surface area contributed by atoms with Crippen molar-refractivity contribution in [2.45, 2.75) is 19.8 Å². The minimum Gasteiger partial charge on any atom is -0.322 e. The molecule has 5 heteroatoms. The van der Waals surface area contributed by atoms with Gasteiger partial charge in [0, 0.05) is 6.08 Å². The predicted octanol–water partition coefficient (Wildman–Crippen LogP) is 5.26. The first-order valence-corrected chi connectivity index (χ1v) is 10.1. The van der Waals surface area contributed by atoms with Crippen LogP contribution in [0, 0.1) is 0 Å². The molecule has 3 aromatic carbocycles. The van der Waals surface area contributed by atoms with Crippen molar-refractivity contribution in [3.63, 3.8) is 0 Å². The molecule has 1 heterocycles. The summed E-state index contributed by atoms with van der Waals surface area (Å²) < 4.78 is 0. The van der Waals surface area contributed by atoms with Crippen LogP contribution in [0.1, 0.15) is 51.6 Å². The van der Waals surface area contributed by atoms with E-state index in [-0.39, 0.29) is 17.0 Å². The largest absolute Gasteiger partial charge is 0.322 e. The predicted molar refractivity (Wildman–Crippen MR) is 122 cm³/mol. The Labute approximate surface area is 181 Å². The van der Waals surface area contributed by atoms with Crippen molar-refractivity contribution in [2.75, 3.05) is 10.2 Å². The number of anilines is 2. The van der Waals surface area contributed by atoms with Gasteiger partial charge in [-0.05, 0) is 47.4 Å². The SMILES string of the molecule is CC(C)c1ccc(/C=C/C(=O)Nc2cccc3c2C(=O)N(c2ccccc2)C3=O)cc1. The van der Waals surface area contributed by atoms with Crippen LogP contribution in [0.25, 0.3) is 6.08 Å². The van der Waals surface area contributed by atoms with E-state index in [0.717, 1.165) is 10.5 Å². The van der Waals surface area contributed by atoms with Crippen LogP contribution >= 0.6 is 0 Å². The maximum atomic E-state index is 13.0. The highest BCUT2D eigenvalue weighted by Crippen LogP contribution is 2.32. The highest BCUT2D eigenvalue weighted by atomic mass is 16.2. The maximum Gasteiger partial charge on any atom is 0.268 e. The molecule has 0 saturated heterocycles. The third-order valence-electron chi connectivity index (χ3n) is 5.22. The van der Waals surface area contributed by atoms with Gasteiger partial charge >= 0.3 is 0 Å². The molecule has 3 amide bonds.